The van der Waals surface area contributed by atoms with Crippen molar-refractivity contribution in [2.75, 3.05) is 37.5 Å². The maximum atomic E-state index is 5.26. The average molecular weight is 276 g/mol. The number of ether oxygens (including phenoxy) is 1. The molecule has 0 unspecified atom stereocenters. The van der Waals surface area contributed by atoms with Gasteiger partial charge in [0.2, 0.25) is 0 Å². The summed E-state index contributed by atoms with van der Waals surface area (Å²) in [6.45, 7) is 3.76. The second-order valence-corrected chi connectivity index (χ2v) is 5.82. The van der Waals surface area contributed by atoms with E-state index in [0.717, 1.165) is 36.2 Å². The fraction of sp³-hybridized carbons (Fsp3) is 0.733. The molecular formula is C15H24N4O. The van der Waals surface area contributed by atoms with Gasteiger partial charge in [0.15, 0.2) is 0 Å². The lowest BCUT2D eigenvalue weighted by Gasteiger charge is -2.26. The van der Waals surface area contributed by atoms with E-state index in [1.54, 1.807) is 7.11 Å². The molecule has 1 N–H and O–H groups in total. The van der Waals surface area contributed by atoms with Crippen LogP contribution in [0.15, 0.2) is 0 Å². The summed E-state index contributed by atoms with van der Waals surface area (Å²) in [6, 6.07) is 0.635. The van der Waals surface area contributed by atoms with E-state index in [1.165, 1.54) is 25.7 Å². The Morgan fingerprint density at radius 1 is 1.25 bits per heavy atom. The highest BCUT2D eigenvalue weighted by Crippen LogP contribution is 2.41. The van der Waals surface area contributed by atoms with Crippen molar-refractivity contribution in [3.05, 3.63) is 11.4 Å². The van der Waals surface area contributed by atoms with Crippen molar-refractivity contribution in [2.24, 2.45) is 0 Å². The number of methoxy groups -OCH3 is 1. The van der Waals surface area contributed by atoms with Gasteiger partial charge in [0, 0.05) is 38.2 Å². The molecule has 2 fully saturated rings. The first-order valence-corrected chi connectivity index (χ1v) is 7.56. The number of aromatic nitrogens is 2. The van der Waals surface area contributed by atoms with E-state index >= 15 is 0 Å². The largest absolute Gasteiger partial charge is 0.383 e. The molecule has 1 aromatic heterocycles. The molecule has 0 spiro atoms. The van der Waals surface area contributed by atoms with Crippen LogP contribution in [-0.4, -0.2) is 43.3 Å². The van der Waals surface area contributed by atoms with Crippen LogP contribution in [-0.2, 0) is 4.74 Å². The van der Waals surface area contributed by atoms with E-state index < -0.39 is 0 Å². The van der Waals surface area contributed by atoms with Crippen molar-refractivity contribution in [3.8, 4) is 0 Å². The van der Waals surface area contributed by atoms with Crippen LogP contribution >= 0.6 is 0 Å². The van der Waals surface area contributed by atoms with Crippen molar-refractivity contribution < 1.29 is 4.74 Å². The highest BCUT2D eigenvalue weighted by atomic mass is 16.5. The van der Waals surface area contributed by atoms with Crippen molar-refractivity contribution in [1.29, 1.82) is 0 Å². The summed E-state index contributed by atoms with van der Waals surface area (Å²) in [7, 11) is 3.69. The molecule has 20 heavy (non-hydrogen) atoms. The zero-order chi connectivity index (χ0) is 14.1. The Morgan fingerprint density at radius 3 is 2.55 bits per heavy atom. The summed E-state index contributed by atoms with van der Waals surface area (Å²) in [5, 5.41) is 3.22. The molecular weight excluding hydrogens is 252 g/mol. The lowest BCUT2D eigenvalue weighted by atomic mass is 10.2. The molecule has 0 saturated heterocycles. The third-order valence-electron chi connectivity index (χ3n) is 4.11. The van der Waals surface area contributed by atoms with Gasteiger partial charge in [-0.05, 0) is 32.6 Å². The van der Waals surface area contributed by atoms with E-state index in [0.29, 0.717) is 12.0 Å². The second-order valence-electron chi connectivity index (χ2n) is 5.82. The fourth-order valence-electron chi connectivity index (χ4n) is 2.61. The van der Waals surface area contributed by atoms with E-state index in [4.69, 9.17) is 9.72 Å². The molecule has 0 radical (unpaired) electrons. The smallest absolute Gasteiger partial charge is 0.137 e. The van der Waals surface area contributed by atoms with Gasteiger partial charge in [-0.25, -0.2) is 9.97 Å². The van der Waals surface area contributed by atoms with Crippen LogP contribution in [0.1, 0.15) is 43.0 Å². The summed E-state index contributed by atoms with van der Waals surface area (Å²) in [4.78, 5) is 12.0. The van der Waals surface area contributed by atoms with Crippen LogP contribution < -0.4 is 10.2 Å². The Kier molecular flexibility index (Phi) is 3.78. The van der Waals surface area contributed by atoms with E-state index in [9.17, 15) is 0 Å². The van der Waals surface area contributed by atoms with Gasteiger partial charge in [-0.1, -0.05) is 0 Å². The summed E-state index contributed by atoms with van der Waals surface area (Å²) in [6.07, 6.45) is 4.99. The summed E-state index contributed by atoms with van der Waals surface area (Å²) < 4.78 is 5.26. The van der Waals surface area contributed by atoms with E-state index in [-0.39, 0.29) is 0 Å². The lowest BCUT2D eigenvalue weighted by molar-refractivity contribution is 0.204. The average Bonchev–Trinajstić information content (AvgIpc) is 3.31. The van der Waals surface area contributed by atoms with Gasteiger partial charge in [-0.15, -0.1) is 0 Å². The first-order chi connectivity index (χ1) is 9.74. The first-order valence-electron chi connectivity index (χ1n) is 7.56. The van der Waals surface area contributed by atoms with Gasteiger partial charge >= 0.3 is 0 Å². The van der Waals surface area contributed by atoms with Crippen LogP contribution in [0.25, 0.3) is 0 Å². The van der Waals surface area contributed by atoms with Crippen LogP contribution in [0.4, 0.5) is 11.6 Å². The van der Waals surface area contributed by atoms with Crippen LogP contribution in [0.3, 0.4) is 0 Å². The third-order valence-corrected chi connectivity index (χ3v) is 4.11. The fourth-order valence-corrected chi connectivity index (χ4v) is 2.61. The molecule has 0 amide bonds. The summed E-state index contributed by atoms with van der Waals surface area (Å²) in [5.74, 6) is 3.66. The molecule has 5 nitrogen and oxygen atoms in total. The molecule has 0 atom stereocenters. The molecule has 1 aromatic rings. The van der Waals surface area contributed by atoms with Gasteiger partial charge in [-0.2, -0.15) is 0 Å². The molecule has 2 saturated carbocycles. The number of nitrogens with one attached hydrogen (secondary N) is 1. The molecule has 0 aliphatic heterocycles. The molecule has 1 heterocycles. The maximum absolute atomic E-state index is 5.26. The molecule has 0 bridgehead atoms. The maximum Gasteiger partial charge on any atom is 0.137 e. The Bertz CT molecular complexity index is 483. The van der Waals surface area contributed by atoms with Crippen LogP contribution in [0.2, 0.25) is 0 Å². The van der Waals surface area contributed by atoms with Gasteiger partial charge < -0.3 is 15.0 Å². The number of hydrogen-bond donors (Lipinski definition) is 1. The zero-order valence-corrected chi connectivity index (χ0v) is 12.6. The molecule has 0 aromatic carbocycles. The molecule has 2 aliphatic rings. The van der Waals surface area contributed by atoms with E-state index in [1.807, 2.05) is 7.05 Å². The second kappa shape index (κ2) is 5.56. The number of hydrogen-bond acceptors (Lipinski definition) is 5. The van der Waals surface area contributed by atoms with Crippen molar-refractivity contribution in [3.63, 3.8) is 0 Å². The lowest BCUT2D eigenvalue weighted by Crippen LogP contribution is -2.31. The molecule has 5 heteroatoms. The predicted octanol–water partition coefficient (Wildman–Crippen LogP) is 2.32. The normalized spacial score (nSPS) is 18.1. The Morgan fingerprint density at radius 2 is 2.00 bits per heavy atom. The third kappa shape index (κ3) is 2.73. The van der Waals surface area contributed by atoms with Gasteiger partial charge in [0.25, 0.3) is 0 Å². The quantitative estimate of drug-likeness (QED) is 0.828. The van der Waals surface area contributed by atoms with Gasteiger partial charge in [-0.3, -0.25) is 0 Å². The monoisotopic (exact) mass is 276 g/mol. The van der Waals surface area contributed by atoms with Crippen LogP contribution in [0.5, 0.6) is 0 Å². The Balaban J connectivity index is 1.93. The Labute approximate surface area is 120 Å². The van der Waals surface area contributed by atoms with Crippen molar-refractivity contribution in [2.45, 2.75) is 44.6 Å². The Hall–Kier alpha value is -1.36. The summed E-state index contributed by atoms with van der Waals surface area (Å²) >= 11 is 0. The minimum atomic E-state index is 0.574. The topological polar surface area (TPSA) is 50.3 Å². The highest BCUT2D eigenvalue weighted by molar-refractivity contribution is 5.59. The minimum Gasteiger partial charge on any atom is -0.383 e. The van der Waals surface area contributed by atoms with Crippen molar-refractivity contribution >= 4 is 11.6 Å². The molecule has 3 rings (SSSR count). The van der Waals surface area contributed by atoms with Gasteiger partial charge in [0.1, 0.15) is 17.5 Å². The number of nitrogens with zero attached hydrogens (tertiary/aromatic N) is 3. The van der Waals surface area contributed by atoms with E-state index in [2.05, 4.69) is 22.1 Å². The number of anilines is 2. The van der Waals surface area contributed by atoms with Gasteiger partial charge in [0.05, 0.1) is 6.61 Å². The molecule has 110 valence electrons. The highest BCUT2D eigenvalue weighted by Gasteiger charge is 2.33. The van der Waals surface area contributed by atoms with Crippen molar-refractivity contribution in [1.82, 2.24) is 9.97 Å². The number of rotatable bonds is 7. The zero-order valence-electron chi connectivity index (χ0n) is 12.6. The van der Waals surface area contributed by atoms with Crippen LogP contribution in [0, 0.1) is 6.92 Å². The summed E-state index contributed by atoms with van der Waals surface area (Å²) in [5.41, 5.74) is 1.15. The standard InChI is InChI=1S/C15H24N4O/c1-10-13(16-2)17-14(11-4-5-11)18-15(10)19(8-9-20-3)12-6-7-12/h11-12H,4-9H2,1-3H3,(H,16,17,18). The SMILES string of the molecule is CNc1nc(C2CC2)nc(N(CCOC)C2CC2)c1C. The first kappa shape index (κ1) is 13.6. The minimum absolute atomic E-state index is 0.574. The molecule has 2 aliphatic carbocycles. The predicted molar refractivity (Wildman–Crippen MR) is 80.5 cm³/mol.